The van der Waals surface area contributed by atoms with Crippen molar-refractivity contribution < 1.29 is 59.7 Å². The molecule has 2 aromatic rings. The summed E-state index contributed by atoms with van der Waals surface area (Å²) in [5, 5.41) is 0. The van der Waals surface area contributed by atoms with Crippen LogP contribution < -0.4 is 0 Å². The minimum Gasteiger partial charge on any atom is -0.432 e. The summed E-state index contributed by atoms with van der Waals surface area (Å²) in [6, 6.07) is 8.54. The topological polar surface area (TPSA) is 94.6 Å². The molecule has 3 aliphatic heterocycles. The lowest BCUT2D eigenvalue weighted by molar-refractivity contribution is -0.284. The van der Waals surface area contributed by atoms with E-state index >= 15 is 0 Å². The van der Waals surface area contributed by atoms with Crippen LogP contribution in [-0.2, 0) is 40.9 Å². The molecule has 2 aromatic carbocycles. The highest BCUT2D eigenvalue weighted by molar-refractivity contribution is 7.98. The molecule has 0 saturated carbocycles. The van der Waals surface area contributed by atoms with Crippen LogP contribution in [-0.4, -0.2) is 77.7 Å². The van der Waals surface area contributed by atoms with Gasteiger partial charge in [-0.1, -0.05) is 24.3 Å². The number of benzene rings is 2. The van der Waals surface area contributed by atoms with Gasteiger partial charge < -0.3 is 23.8 Å². The number of nitrogens with zero attached hydrogens (tertiary/aromatic N) is 2. The van der Waals surface area contributed by atoms with Crippen LogP contribution in [0.4, 0.5) is 31.1 Å². The van der Waals surface area contributed by atoms with Gasteiger partial charge in [0.1, 0.15) is 6.10 Å². The van der Waals surface area contributed by atoms with Crippen LogP contribution in [0.2, 0.25) is 0 Å². The van der Waals surface area contributed by atoms with Crippen molar-refractivity contribution in [2.45, 2.75) is 49.2 Å². The number of amides is 1. The van der Waals surface area contributed by atoms with Crippen molar-refractivity contribution in [3.8, 4) is 0 Å². The third-order valence-corrected chi connectivity index (χ3v) is 8.44. The van der Waals surface area contributed by atoms with Crippen molar-refractivity contribution in [2.75, 3.05) is 38.4 Å². The van der Waals surface area contributed by atoms with Crippen molar-refractivity contribution >= 4 is 29.8 Å². The highest BCUT2D eigenvalue weighted by atomic mass is 32.2. The smallest absolute Gasteiger partial charge is 0.422 e. The normalized spacial score (nSPS) is 19.8. The van der Waals surface area contributed by atoms with Crippen LogP contribution >= 0.6 is 11.8 Å². The van der Waals surface area contributed by atoms with Gasteiger partial charge in [0, 0.05) is 39.1 Å². The Bertz CT molecular complexity index is 1370. The minimum atomic E-state index is -4.66. The third-order valence-electron chi connectivity index (χ3n) is 7.92. The van der Waals surface area contributed by atoms with Gasteiger partial charge in [-0.3, -0.25) is 0 Å². The summed E-state index contributed by atoms with van der Waals surface area (Å²) >= 11 is 1.24. The monoisotopic (exact) mass is 662 g/mol. The molecule has 0 unspecified atom stereocenters. The van der Waals surface area contributed by atoms with Crippen LogP contribution in [0.25, 0.3) is 0 Å². The lowest BCUT2D eigenvalue weighted by Crippen LogP contribution is -2.63. The molecule has 0 N–H and O–H groups in total. The largest absolute Gasteiger partial charge is 0.432 e. The van der Waals surface area contributed by atoms with E-state index in [9.17, 15) is 40.7 Å². The molecular weight excluding hydrogens is 634 g/mol. The van der Waals surface area contributed by atoms with Crippen LogP contribution in [0.1, 0.15) is 47.6 Å². The zero-order chi connectivity index (χ0) is 32.6. The SMILES string of the molecule is CSCN1C(=O)OC2(CCN(CCCOC(c3cccc(C(F)(F)F)c3)c3cccc(C(F)(F)F)c3)CC2)C12OC(=O)C(=O)O2. The molecule has 45 heavy (non-hydrogen) atoms. The van der Waals surface area contributed by atoms with E-state index in [4.69, 9.17) is 18.9 Å². The van der Waals surface area contributed by atoms with Gasteiger partial charge in [0.05, 0.1) is 17.0 Å². The molecule has 3 aliphatic rings. The Hall–Kier alpha value is -3.50. The fourth-order valence-electron chi connectivity index (χ4n) is 5.76. The number of hydrogen-bond acceptors (Lipinski definition) is 9. The van der Waals surface area contributed by atoms with E-state index in [0.717, 1.165) is 29.2 Å². The number of piperidine rings is 1. The van der Waals surface area contributed by atoms with Gasteiger partial charge in [-0.15, -0.1) is 11.8 Å². The van der Waals surface area contributed by atoms with Crippen LogP contribution in [0, 0.1) is 0 Å². The molecule has 9 nitrogen and oxygen atoms in total. The van der Waals surface area contributed by atoms with E-state index in [-0.39, 0.29) is 36.5 Å². The number of ether oxygens (including phenoxy) is 4. The molecule has 2 spiro atoms. The quantitative estimate of drug-likeness (QED) is 0.148. The second-order valence-corrected chi connectivity index (χ2v) is 11.6. The number of alkyl halides is 6. The van der Waals surface area contributed by atoms with Crippen LogP contribution in [0.5, 0.6) is 0 Å². The molecule has 0 bridgehead atoms. The molecule has 0 radical (unpaired) electrons. The second-order valence-electron chi connectivity index (χ2n) is 10.8. The Morgan fingerprint density at radius 2 is 1.40 bits per heavy atom. The minimum absolute atomic E-state index is 0.00551. The number of likely N-dealkylation sites (tertiary alicyclic amines) is 1. The summed E-state index contributed by atoms with van der Waals surface area (Å²) in [6.45, 7) is 1.08. The maximum Gasteiger partial charge on any atom is 0.422 e. The number of fused-ring (bicyclic) bond motifs is 1. The molecule has 244 valence electrons. The summed E-state index contributed by atoms with van der Waals surface area (Å²) in [6.07, 6.45) is -8.93. The number of carbonyl (C=O) groups is 3. The summed E-state index contributed by atoms with van der Waals surface area (Å²) in [7, 11) is 0. The Morgan fingerprint density at radius 3 is 1.89 bits per heavy atom. The number of carbonyl (C=O) groups excluding carboxylic acids is 3. The number of esters is 2. The molecule has 5 rings (SSSR count). The molecule has 3 heterocycles. The Kier molecular flexibility index (Phi) is 9.03. The van der Waals surface area contributed by atoms with Gasteiger partial charge in [-0.2, -0.15) is 26.3 Å². The number of hydrogen-bond donors (Lipinski definition) is 0. The van der Waals surface area contributed by atoms with Gasteiger partial charge in [0.15, 0.2) is 0 Å². The fraction of sp³-hybridized carbons (Fsp3) is 0.483. The predicted molar refractivity (Wildman–Crippen MR) is 145 cm³/mol. The predicted octanol–water partition coefficient (Wildman–Crippen LogP) is 5.58. The van der Waals surface area contributed by atoms with Crippen molar-refractivity contribution in [3.05, 3.63) is 70.8 Å². The van der Waals surface area contributed by atoms with E-state index in [1.54, 1.807) is 6.26 Å². The highest BCUT2D eigenvalue weighted by Crippen LogP contribution is 2.50. The zero-order valence-corrected chi connectivity index (χ0v) is 24.6. The average molecular weight is 663 g/mol. The molecule has 3 saturated heterocycles. The van der Waals surface area contributed by atoms with E-state index in [1.807, 2.05) is 4.90 Å². The summed E-state index contributed by atoms with van der Waals surface area (Å²) in [5.41, 5.74) is -3.24. The van der Waals surface area contributed by atoms with Crippen molar-refractivity contribution in [3.63, 3.8) is 0 Å². The fourth-order valence-corrected chi connectivity index (χ4v) is 6.29. The Morgan fingerprint density at radius 1 is 0.867 bits per heavy atom. The number of rotatable bonds is 9. The molecule has 0 atom stereocenters. The van der Waals surface area contributed by atoms with Gasteiger partial charge in [0.25, 0.3) is 0 Å². The van der Waals surface area contributed by atoms with Crippen molar-refractivity contribution in [1.82, 2.24) is 9.80 Å². The number of halogens is 6. The lowest BCUT2D eigenvalue weighted by Gasteiger charge is -2.43. The first kappa shape index (κ1) is 32.9. The zero-order valence-electron chi connectivity index (χ0n) is 23.8. The molecular formula is C29H28F6N2O7S. The molecule has 0 aromatic heterocycles. The Balaban J connectivity index is 1.25. The van der Waals surface area contributed by atoms with E-state index in [0.29, 0.717) is 26.1 Å². The van der Waals surface area contributed by atoms with Crippen molar-refractivity contribution in [1.29, 1.82) is 0 Å². The maximum absolute atomic E-state index is 13.4. The average Bonchev–Trinajstić information content (AvgIpc) is 3.40. The molecule has 3 fully saturated rings. The third kappa shape index (κ3) is 6.45. The lowest BCUT2D eigenvalue weighted by atomic mass is 9.87. The second kappa shape index (κ2) is 12.4. The van der Waals surface area contributed by atoms with Gasteiger partial charge >= 0.3 is 36.3 Å². The Labute approximate surface area is 257 Å². The maximum atomic E-state index is 13.4. The first-order valence-electron chi connectivity index (χ1n) is 13.8. The highest BCUT2D eigenvalue weighted by Gasteiger charge is 2.75. The number of thioether (sulfide) groups is 1. The molecule has 0 aliphatic carbocycles. The summed E-state index contributed by atoms with van der Waals surface area (Å²) in [4.78, 5) is 39.8. The van der Waals surface area contributed by atoms with Gasteiger partial charge in [-0.05, 0) is 48.1 Å². The van der Waals surface area contributed by atoms with Gasteiger partial charge in [0.2, 0.25) is 5.60 Å². The first-order valence-corrected chi connectivity index (χ1v) is 15.2. The molecule has 1 amide bonds. The molecule has 16 heteroatoms. The van der Waals surface area contributed by atoms with E-state index in [2.05, 4.69) is 0 Å². The van der Waals surface area contributed by atoms with Crippen molar-refractivity contribution in [2.24, 2.45) is 0 Å². The summed E-state index contributed by atoms with van der Waals surface area (Å²) in [5.74, 6) is -4.43. The van der Waals surface area contributed by atoms with Crippen LogP contribution in [0.15, 0.2) is 48.5 Å². The standard InChI is InChI=1S/C29H28F6N2O7S/c1-45-17-37-25(40)44-26(29(37)42-23(38)24(39)43-29)9-12-36(13-10-26)11-4-14-41-22(18-5-2-7-20(15-18)27(30,31)32)19-6-3-8-21(16-19)28(33,34)35/h2-3,5-8,15-16,22H,4,9-14,17H2,1H3. The van der Waals surface area contributed by atoms with E-state index in [1.165, 1.54) is 36.0 Å². The first-order chi connectivity index (χ1) is 21.2. The van der Waals surface area contributed by atoms with Crippen LogP contribution in [0.3, 0.4) is 0 Å². The van der Waals surface area contributed by atoms with E-state index < -0.39 is 59.1 Å². The van der Waals surface area contributed by atoms with Gasteiger partial charge in [-0.25, -0.2) is 19.3 Å². The summed E-state index contributed by atoms with van der Waals surface area (Å²) < 4.78 is 103.